The third kappa shape index (κ3) is 2.68. The predicted molar refractivity (Wildman–Crippen MR) is 84.4 cm³/mol. The normalized spacial score (nSPS) is 19.8. The highest BCUT2D eigenvalue weighted by Gasteiger charge is 2.29. The molecule has 0 aliphatic carbocycles. The molecule has 1 aromatic heterocycles. The van der Waals surface area contributed by atoms with Crippen molar-refractivity contribution in [3.63, 3.8) is 0 Å². The highest BCUT2D eigenvalue weighted by molar-refractivity contribution is 5.44. The lowest BCUT2D eigenvalue weighted by Crippen LogP contribution is -2.43. The molecule has 2 aliphatic heterocycles. The van der Waals surface area contributed by atoms with Gasteiger partial charge in [-0.1, -0.05) is 6.07 Å². The van der Waals surface area contributed by atoms with Gasteiger partial charge in [0, 0.05) is 45.4 Å². The molecular weight excluding hydrogens is 294 g/mol. The van der Waals surface area contributed by atoms with Crippen LogP contribution in [0.3, 0.4) is 0 Å². The second-order valence-electron chi connectivity index (χ2n) is 6.15. The number of hydrogen-bond acceptors (Lipinski definition) is 5. The molecule has 4 rings (SSSR count). The second-order valence-corrected chi connectivity index (χ2v) is 6.15. The van der Waals surface area contributed by atoms with Gasteiger partial charge in [0.05, 0.1) is 18.6 Å². The number of aromatic nitrogens is 2. The van der Waals surface area contributed by atoms with Crippen molar-refractivity contribution in [3.05, 3.63) is 41.5 Å². The average molecular weight is 315 g/mol. The molecule has 3 heterocycles. The van der Waals surface area contributed by atoms with E-state index in [2.05, 4.69) is 33.6 Å². The summed E-state index contributed by atoms with van der Waals surface area (Å²) in [6, 6.07) is 6.51. The molecule has 0 saturated heterocycles. The quantitative estimate of drug-likeness (QED) is 0.860. The van der Waals surface area contributed by atoms with Crippen molar-refractivity contribution in [1.29, 1.82) is 0 Å². The molecule has 1 atom stereocenters. The minimum absolute atomic E-state index is 0.312. The molecule has 6 heteroatoms. The first-order valence-corrected chi connectivity index (χ1v) is 7.85. The Bertz CT molecular complexity index is 713. The zero-order valence-corrected chi connectivity index (χ0v) is 13.5. The molecule has 122 valence electrons. The summed E-state index contributed by atoms with van der Waals surface area (Å²) >= 11 is 0. The minimum atomic E-state index is 0.312. The molecule has 0 unspecified atom stereocenters. The Balaban J connectivity index is 1.56. The first-order chi connectivity index (χ1) is 11.2. The van der Waals surface area contributed by atoms with Gasteiger partial charge in [-0.3, -0.25) is 4.90 Å². The standard InChI is InChI=1S/C17H21N3O3/c1-19-10-18-14-8-20(13(9-21-2)6-15(14)19)7-12-3-4-16-17(5-12)23-11-22-16/h3-5,10,13H,6-9,11H2,1-2H3/t13-/m1/s1. The van der Waals surface area contributed by atoms with Gasteiger partial charge in [-0.2, -0.15) is 0 Å². The van der Waals surface area contributed by atoms with Crippen molar-refractivity contribution >= 4 is 0 Å². The van der Waals surface area contributed by atoms with Crippen LogP contribution in [0.1, 0.15) is 17.0 Å². The fourth-order valence-corrected chi connectivity index (χ4v) is 3.39. The lowest BCUT2D eigenvalue weighted by atomic mass is 10.0. The molecule has 0 radical (unpaired) electrons. The Morgan fingerprint density at radius 2 is 2.17 bits per heavy atom. The van der Waals surface area contributed by atoms with Crippen molar-refractivity contribution in [2.75, 3.05) is 20.5 Å². The Morgan fingerprint density at radius 3 is 3.04 bits per heavy atom. The zero-order valence-electron chi connectivity index (χ0n) is 13.5. The van der Waals surface area contributed by atoms with E-state index in [1.807, 2.05) is 12.4 Å². The Labute approximate surface area is 135 Å². The van der Waals surface area contributed by atoms with Crippen LogP contribution in [0.2, 0.25) is 0 Å². The number of ether oxygens (including phenoxy) is 3. The predicted octanol–water partition coefficient (Wildman–Crippen LogP) is 1.72. The number of methoxy groups -OCH3 is 1. The second kappa shape index (κ2) is 5.86. The summed E-state index contributed by atoms with van der Waals surface area (Å²) in [4.78, 5) is 6.96. The molecule has 0 fully saturated rings. The van der Waals surface area contributed by atoms with E-state index in [4.69, 9.17) is 14.2 Å². The van der Waals surface area contributed by atoms with Crippen LogP contribution in [-0.4, -0.2) is 41.0 Å². The number of nitrogens with zero attached hydrogens (tertiary/aromatic N) is 3. The summed E-state index contributed by atoms with van der Waals surface area (Å²) in [6.07, 6.45) is 2.86. The molecule has 23 heavy (non-hydrogen) atoms. The van der Waals surface area contributed by atoms with Gasteiger partial charge in [0.25, 0.3) is 0 Å². The number of aryl methyl sites for hydroxylation is 1. The first kappa shape index (κ1) is 14.5. The maximum Gasteiger partial charge on any atom is 0.231 e. The van der Waals surface area contributed by atoms with Gasteiger partial charge >= 0.3 is 0 Å². The van der Waals surface area contributed by atoms with E-state index in [-0.39, 0.29) is 0 Å². The monoisotopic (exact) mass is 315 g/mol. The van der Waals surface area contributed by atoms with Gasteiger partial charge in [-0.05, 0) is 17.7 Å². The lowest BCUT2D eigenvalue weighted by Gasteiger charge is -2.35. The molecule has 0 bridgehead atoms. The van der Waals surface area contributed by atoms with Gasteiger partial charge in [-0.25, -0.2) is 4.98 Å². The van der Waals surface area contributed by atoms with E-state index < -0.39 is 0 Å². The Hall–Kier alpha value is -2.05. The van der Waals surface area contributed by atoms with E-state index in [9.17, 15) is 0 Å². The van der Waals surface area contributed by atoms with Crippen LogP contribution >= 0.6 is 0 Å². The van der Waals surface area contributed by atoms with Gasteiger partial charge < -0.3 is 18.8 Å². The smallest absolute Gasteiger partial charge is 0.231 e. The molecule has 0 saturated carbocycles. The summed E-state index contributed by atoms with van der Waals surface area (Å²) in [5.74, 6) is 1.66. The van der Waals surface area contributed by atoms with Crippen LogP contribution in [0, 0.1) is 0 Å². The van der Waals surface area contributed by atoms with Crippen LogP contribution in [-0.2, 0) is 31.3 Å². The SMILES string of the molecule is COC[C@H]1Cc2c(ncn2C)CN1Cc1ccc2c(c1)OCO2. The summed E-state index contributed by atoms with van der Waals surface area (Å²) in [6.45, 7) is 2.72. The zero-order chi connectivity index (χ0) is 15.8. The fourth-order valence-electron chi connectivity index (χ4n) is 3.39. The fraction of sp³-hybridized carbons (Fsp3) is 0.471. The highest BCUT2D eigenvalue weighted by Crippen LogP contribution is 2.33. The van der Waals surface area contributed by atoms with E-state index in [1.165, 1.54) is 17.0 Å². The largest absolute Gasteiger partial charge is 0.454 e. The lowest BCUT2D eigenvalue weighted by molar-refractivity contribution is 0.0700. The van der Waals surface area contributed by atoms with E-state index in [1.54, 1.807) is 7.11 Å². The van der Waals surface area contributed by atoms with E-state index >= 15 is 0 Å². The topological polar surface area (TPSA) is 48.8 Å². The number of rotatable bonds is 4. The Kier molecular flexibility index (Phi) is 3.71. The number of fused-ring (bicyclic) bond motifs is 2. The maximum atomic E-state index is 5.48. The van der Waals surface area contributed by atoms with Crippen molar-refractivity contribution in [1.82, 2.24) is 14.5 Å². The number of benzene rings is 1. The summed E-state index contributed by atoms with van der Waals surface area (Å²) < 4.78 is 18.4. The van der Waals surface area contributed by atoms with Gasteiger partial charge in [0.2, 0.25) is 6.79 Å². The molecule has 6 nitrogen and oxygen atoms in total. The van der Waals surface area contributed by atoms with E-state index in [0.29, 0.717) is 12.8 Å². The molecule has 0 amide bonds. The molecule has 0 N–H and O–H groups in total. The molecule has 2 aliphatic rings. The first-order valence-electron chi connectivity index (χ1n) is 7.85. The van der Waals surface area contributed by atoms with Crippen LogP contribution in [0.4, 0.5) is 0 Å². The Morgan fingerprint density at radius 1 is 1.30 bits per heavy atom. The van der Waals surface area contributed by atoms with Crippen molar-refractivity contribution in [3.8, 4) is 11.5 Å². The minimum Gasteiger partial charge on any atom is -0.454 e. The molecule has 0 spiro atoms. The number of imidazole rings is 1. The maximum absolute atomic E-state index is 5.48. The average Bonchev–Trinajstić information content (AvgIpc) is 3.15. The van der Waals surface area contributed by atoms with Crippen molar-refractivity contribution in [2.45, 2.75) is 25.6 Å². The van der Waals surface area contributed by atoms with E-state index in [0.717, 1.165) is 37.6 Å². The van der Waals surface area contributed by atoms with Gasteiger partial charge in [0.15, 0.2) is 11.5 Å². The van der Waals surface area contributed by atoms with Crippen LogP contribution in [0.25, 0.3) is 0 Å². The molecule has 1 aromatic carbocycles. The van der Waals surface area contributed by atoms with Gasteiger partial charge in [0.1, 0.15) is 0 Å². The van der Waals surface area contributed by atoms with Crippen LogP contribution < -0.4 is 9.47 Å². The van der Waals surface area contributed by atoms with Crippen LogP contribution in [0.15, 0.2) is 24.5 Å². The summed E-state index contributed by atoms with van der Waals surface area (Å²) in [5, 5.41) is 0. The molecule has 2 aromatic rings. The third-order valence-electron chi connectivity index (χ3n) is 4.63. The third-order valence-corrected chi connectivity index (χ3v) is 4.63. The highest BCUT2D eigenvalue weighted by atomic mass is 16.7. The van der Waals surface area contributed by atoms with Crippen LogP contribution in [0.5, 0.6) is 11.5 Å². The van der Waals surface area contributed by atoms with Gasteiger partial charge in [-0.15, -0.1) is 0 Å². The summed E-state index contributed by atoms with van der Waals surface area (Å²) in [7, 11) is 3.82. The van der Waals surface area contributed by atoms with Crippen molar-refractivity contribution < 1.29 is 14.2 Å². The van der Waals surface area contributed by atoms with Crippen molar-refractivity contribution in [2.24, 2.45) is 7.05 Å². The summed E-state index contributed by atoms with van der Waals surface area (Å²) in [5.41, 5.74) is 3.70. The number of hydrogen-bond donors (Lipinski definition) is 0. The molecular formula is C17H21N3O3.